The van der Waals surface area contributed by atoms with Crippen LogP contribution in [0.5, 0.6) is 5.75 Å². The summed E-state index contributed by atoms with van der Waals surface area (Å²) in [6.07, 6.45) is 1.84. The van der Waals surface area contributed by atoms with Crippen molar-refractivity contribution in [3.8, 4) is 5.75 Å². The van der Waals surface area contributed by atoms with E-state index >= 15 is 0 Å². The van der Waals surface area contributed by atoms with Crippen LogP contribution in [0, 0.1) is 6.92 Å². The zero-order chi connectivity index (χ0) is 20.3. The monoisotopic (exact) mass is 423 g/mol. The molecule has 2 heterocycles. The molecule has 0 radical (unpaired) electrons. The lowest BCUT2D eigenvalue weighted by atomic mass is 10.0. The van der Waals surface area contributed by atoms with Gasteiger partial charge in [-0.1, -0.05) is 43.3 Å². The third-order valence-corrected chi connectivity index (χ3v) is 6.17. The van der Waals surface area contributed by atoms with Gasteiger partial charge in [0.1, 0.15) is 16.8 Å². The Morgan fingerprint density at radius 1 is 1.32 bits per heavy atom. The summed E-state index contributed by atoms with van der Waals surface area (Å²) in [5.41, 5.74) is 4.34. The molecular formula is C19H26ClN5O2S. The van der Waals surface area contributed by atoms with Crippen LogP contribution in [0.3, 0.4) is 0 Å². The quantitative estimate of drug-likeness (QED) is 0.732. The number of methoxy groups -OCH3 is 1. The van der Waals surface area contributed by atoms with Gasteiger partial charge < -0.3 is 15.1 Å². The molecule has 9 heteroatoms. The molecule has 1 N–H and O–H groups in total. The number of amides is 1. The van der Waals surface area contributed by atoms with E-state index in [1.807, 2.05) is 34.7 Å². The van der Waals surface area contributed by atoms with Gasteiger partial charge in [0, 0.05) is 13.1 Å². The van der Waals surface area contributed by atoms with Gasteiger partial charge in [-0.3, -0.25) is 4.79 Å². The maximum absolute atomic E-state index is 13.4. The summed E-state index contributed by atoms with van der Waals surface area (Å²) >= 11 is 7.81. The average molecular weight is 424 g/mol. The largest absolute Gasteiger partial charge is 0.495 e. The van der Waals surface area contributed by atoms with Gasteiger partial charge in [-0.25, -0.2) is 4.68 Å². The van der Waals surface area contributed by atoms with Gasteiger partial charge in [0.15, 0.2) is 0 Å². The fraction of sp³-hybridized carbons (Fsp3) is 0.526. The number of aryl methyl sites for hydroxylation is 1. The van der Waals surface area contributed by atoms with E-state index in [9.17, 15) is 4.79 Å². The van der Waals surface area contributed by atoms with Gasteiger partial charge in [0.25, 0.3) is 0 Å². The first-order valence-electron chi connectivity index (χ1n) is 9.47. The number of hydrogen-bond donors (Lipinski definition) is 1. The lowest BCUT2D eigenvalue weighted by Gasteiger charge is -2.36. The molecule has 0 spiro atoms. The van der Waals surface area contributed by atoms with Crippen LogP contribution in [0.4, 0.5) is 0 Å². The average Bonchev–Trinajstić information content (AvgIpc) is 3.06. The van der Waals surface area contributed by atoms with Gasteiger partial charge in [0.2, 0.25) is 11.1 Å². The fourth-order valence-corrected chi connectivity index (χ4v) is 4.80. The molecule has 0 saturated heterocycles. The van der Waals surface area contributed by atoms with Gasteiger partial charge in [-0.2, -0.15) is 0 Å². The Hall–Kier alpha value is -1.93. The molecular weight excluding hydrogens is 398 g/mol. The van der Waals surface area contributed by atoms with Gasteiger partial charge in [-0.15, -0.1) is 10.2 Å². The number of nitrogens with one attached hydrogen (secondary N) is 1. The Labute approximate surface area is 174 Å². The first kappa shape index (κ1) is 20.8. The van der Waals surface area contributed by atoms with Gasteiger partial charge in [0.05, 0.1) is 18.2 Å². The summed E-state index contributed by atoms with van der Waals surface area (Å²) in [6, 6.07) is 5.36. The molecule has 152 valence electrons. The van der Waals surface area contributed by atoms with Crippen LogP contribution in [-0.4, -0.2) is 51.1 Å². The summed E-state index contributed by atoms with van der Waals surface area (Å²) in [5, 5.41) is 9.20. The molecule has 1 aliphatic heterocycles. The maximum atomic E-state index is 13.4. The van der Waals surface area contributed by atoms with Crippen LogP contribution < -0.4 is 10.2 Å². The summed E-state index contributed by atoms with van der Waals surface area (Å²) in [5.74, 6) is 1.46. The van der Waals surface area contributed by atoms with Crippen molar-refractivity contribution in [3.63, 3.8) is 0 Å². The van der Waals surface area contributed by atoms with Crippen molar-refractivity contribution in [2.75, 3.05) is 25.6 Å². The highest BCUT2D eigenvalue weighted by Gasteiger charge is 2.39. The van der Waals surface area contributed by atoms with E-state index in [-0.39, 0.29) is 17.2 Å². The number of ether oxygens (including phenoxy) is 1. The van der Waals surface area contributed by atoms with Gasteiger partial charge >= 0.3 is 0 Å². The zero-order valence-corrected chi connectivity index (χ0v) is 18.2. The highest BCUT2D eigenvalue weighted by Crippen LogP contribution is 2.39. The standard InChI is InChI=1S/C19H26ClN5O2S/c1-5-9-24(10-6-2)18(26)17-16(13-7-8-15(27-4)14(20)11-13)23-25-12(3)21-22-19(25)28-17/h7-8,11,16-17,23H,5-6,9-10H2,1-4H3/t16-,17+/m0/s1. The zero-order valence-electron chi connectivity index (χ0n) is 16.6. The fourth-order valence-electron chi connectivity index (χ4n) is 3.33. The molecule has 0 saturated carbocycles. The van der Waals surface area contributed by atoms with Crippen molar-refractivity contribution < 1.29 is 9.53 Å². The summed E-state index contributed by atoms with van der Waals surface area (Å²) in [7, 11) is 1.59. The predicted octanol–water partition coefficient (Wildman–Crippen LogP) is 3.66. The van der Waals surface area contributed by atoms with E-state index in [1.165, 1.54) is 11.8 Å². The van der Waals surface area contributed by atoms with Gasteiger partial charge in [-0.05, 0) is 37.5 Å². The minimum absolute atomic E-state index is 0.102. The third-order valence-electron chi connectivity index (χ3n) is 4.68. The van der Waals surface area contributed by atoms with Crippen molar-refractivity contribution in [2.24, 2.45) is 0 Å². The summed E-state index contributed by atoms with van der Waals surface area (Å²) in [4.78, 5) is 15.4. The topological polar surface area (TPSA) is 72.3 Å². The van der Waals surface area contributed by atoms with Crippen molar-refractivity contribution in [1.29, 1.82) is 0 Å². The van der Waals surface area contributed by atoms with Crippen LogP contribution in [0.15, 0.2) is 23.4 Å². The first-order valence-corrected chi connectivity index (χ1v) is 10.7. The van der Waals surface area contributed by atoms with Crippen LogP contribution in [0.1, 0.15) is 44.1 Å². The third kappa shape index (κ3) is 4.07. The lowest BCUT2D eigenvalue weighted by molar-refractivity contribution is -0.131. The number of nitrogens with zero attached hydrogens (tertiary/aromatic N) is 4. The molecule has 1 aliphatic rings. The predicted molar refractivity (Wildman–Crippen MR) is 112 cm³/mol. The molecule has 3 rings (SSSR count). The highest BCUT2D eigenvalue weighted by molar-refractivity contribution is 8.00. The SMILES string of the molecule is CCCN(CCC)C(=O)[C@@H]1Sc2nnc(C)n2N[C@H]1c1ccc(OC)c(Cl)c1. The maximum Gasteiger partial charge on any atom is 0.238 e. The summed E-state index contributed by atoms with van der Waals surface area (Å²) < 4.78 is 7.10. The number of hydrogen-bond acceptors (Lipinski definition) is 6. The van der Waals surface area contributed by atoms with E-state index < -0.39 is 0 Å². The number of thioether (sulfide) groups is 1. The molecule has 1 aromatic heterocycles. The lowest BCUT2D eigenvalue weighted by Crippen LogP contribution is -2.46. The van der Waals surface area contributed by atoms with Crippen molar-refractivity contribution in [2.45, 2.75) is 50.1 Å². The first-order chi connectivity index (χ1) is 13.5. The Kier molecular flexibility index (Phi) is 6.72. The molecule has 28 heavy (non-hydrogen) atoms. The van der Waals surface area contributed by atoms with Crippen LogP contribution in [0.25, 0.3) is 0 Å². The Balaban J connectivity index is 1.99. The van der Waals surface area contributed by atoms with E-state index in [2.05, 4.69) is 29.5 Å². The van der Waals surface area contributed by atoms with Crippen LogP contribution >= 0.6 is 23.4 Å². The van der Waals surface area contributed by atoms with Crippen molar-refractivity contribution >= 4 is 29.3 Å². The van der Waals surface area contributed by atoms with Crippen LogP contribution in [0.2, 0.25) is 5.02 Å². The molecule has 0 fully saturated rings. The molecule has 1 amide bonds. The van der Waals surface area contributed by atoms with Crippen molar-refractivity contribution in [3.05, 3.63) is 34.6 Å². The number of halogens is 1. The Morgan fingerprint density at radius 3 is 2.64 bits per heavy atom. The number of carbonyl (C=O) groups is 1. The van der Waals surface area contributed by atoms with E-state index in [0.29, 0.717) is 15.9 Å². The van der Waals surface area contributed by atoms with Crippen LogP contribution in [-0.2, 0) is 4.79 Å². The summed E-state index contributed by atoms with van der Waals surface area (Å²) in [6.45, 7) is 7.54. The second kappa shape index (κ2) is 9.05. The molecule has 0 bridgehead atoms. The number of rotatable bonds is 7. The Morgan fingerprint density at radius 2 is 2.04 bits per heavy atom. The Bertz CT molecular complexity index is 838. The smallest absolute Gasteiger partial charge is 0.238 e. The molecule has 0 unspecified atom stereocenters. The van der Waals surface area contributed by atoms with E-state index in [4.69, 9.17) is 16.3 Å². The second-order valence-corrected chi connectivity index (χ2v) is 8.25. The van der Waals surface area contributed by atoms with E-state index in [0.717, 1.165) is 37.3 Å². The molecule has 7 nitrogen and oxygen atoms in total. The highest BCUT2D eigenvalue weighted by atomic mass is 35.5. The number of benzene rings is 1. The minimum atomic E-state index is -0.362. The normalized spacial score (nSPS) is 18.3. The number of carbonyl (C=O) groups excluding carboxylic acids is 1. The molecule has 0 aliphatic carbocycles. The number of fused-ring (bicyclic) bond motifs is 1. The number of aromatic nitrogens is 3. The second-order valence-electron chi connectivity index (χ2n) is 6.73. The van der Waals surface area contributed by atoms with Crippen molar-refractivity contribution in [1.82, 2.24) is 19.8 Å². The van der Waals surface area contributed by atoms with E-state index in [1.54, 1.807) is 7.11 Å². The minimum Gasteiger partial charge on any atom is -0.495 e. The molecule has 2 aromatic rings. The molecule has 2 atom stereocenters. The molecule has 1 aromatic carbocycles.